The van der Waals surface area contributed by atoms with Crippen LogP contribution in [0.5, 0.6) is 0 Å². The van der Waals surface area contributed by atoms with Crippen molar-refractivity contribution in [2.24, 2.45) is 0 Å². The highest BCUT2D eigenvalue weighted by Crippen LogP contribution is 2.49. The van der Waals surface area contributed by atoms with Gasteiger partial charge in [-0.2, -0.15) is 5.26 Å². The highest BCUT2D eigenvalue weighted by molar-refractivity contribution is 6.00. The summed E-state index contributed by atoms with van der Waals surface area (Å²) in [7, 11) is 0. The fourth-order valence-corrected chi connectivity index (χ4v) is 4.82. The summed E-state index contributed by atoms with van der Waals surface area (Å²) in [5.41, 5.74) is 5.20. The van der Waals surface area contributed by atoms with Crippen LogP contribution in [-0.4, -0.2) is 30.4 Å². The van der Waals surface area contributed by atoms with E-state index in [0.717, 1.165) is 35.1 Å². The molecule has 0 aliphatic heterocycles. The number of ether oxygens (including phenoxy) is 2. The Balaban J connectivity index is 1.44. The average molecular weight is 536 g/mol. The molecule has 1 saturated carbocycles. The lowest BCUT2D eigenvalue weighted by atomic mass is 9.93. The Bertz CT molecular complexity index is 1560. The van der Waals surface area contributed by atoms with Gasteiger partial charge < -0.3 is 14.0 Å². The highest BCUT2D eigenvalue weighted by atomic mass is 16.6. The maximum absolute atomic E-state index is 13.1. The van der Waals surface area contributed by atoms with E-state index >= 15 is 0 Å². The SMILES string of the molecule is CCOC(=O)N(c1ccc(C#N)cc1)c1c(C)noc1-c1ccc(-c2ccc(C3(C(=O)OCC)CC3)cc2)cc1. The van der Waals surface area contributed by atoms with E-state index in [1.165, 1.54) is 4.90 Å². The van der Waals surface area contributed by atoms with Crippen LogP contribution in [-0.2, 0) is 19.7 Å². The van der Waals surface area contributed by atoms with Crippen molar-refractivity contribution in [2.75, 3.05) is 18.1 Å². The minimum Gasteiger partial charge on any atom is -0.465 e. The molecule has 3 aromatic carbocycles. The van der Waals surface area contributed by atoms with Gasteiger partial charge in [0, 0.05) is 5.56 Å². The fourth-order valence-electron chi connectivity index (χ4n) is 4.82. The van der Waals surface area contributed by atoms with Gasteiger partial charge in [-0.15, -0.1) is 0 Å². The Hall–Kier alpha value is -4.90. The molecule has 0 spiro atoms. The second-order valence-electron chi connectivity index (χ2n) is 9.60. The van der Waals surface area contributed by atoms with E-state index in [9.17, 15) is 14.9 Å². The number of carbonyl (C=O) groups excluding carboxylic acids is 2. The van der Waals surface area contributed by atoms with E-state index < -0.39 is 11.5 Å². The topological polar surface area (TPSA) is 106 Å². The standard InChI is InChI=1S/C32H29N3O5/c1-4-38-30(36)32(18-19-32)26-14-12-24(13-15-26)23-8-10-25(11-9-23)29-28(21(3)34-40-29)35(31(37)39-5-2)27-16-6-22(20-33)7-17-27/h6-17H,4-5,18-19H2,1-3H3. The first kappa shape index (κ1) is 26.7. The molecule has 8 nitrogen and oxygen atoms in total. The second kappa shape index (κ2) is 11.1. The first-order chi connectivity index (χ1) is 19.4. The predicted molar refractivity (Wildman–Crippen MR) is 150 cm³/mol. The van der Waals surface area contributed by atoms with Gasteiger partial charge in [0.05, 0.1) is 35.9 Å². The van der Waals surface area contributed by atoms with Gasteiger partial charge in [0.15, 0.2) is 5.76 Å². The third-order valence-electron chi connectivity index (χ3n) is 7.09. The monoisotopic (exact) mass is 535 g/mol. The lowest BCUT2D eigenvalue weighted by Crippen LogP contribution is -2.27. The molecule has 0 atom stereocenters. The van der Waals surface area contributed by atoms with Gasteiger partial charge in [-0.25, -0.2) is 9.69 Å². The lowest BCUT2D eigenvalue weighted by Gasteiger charge is -2.22. The van der Waals surface area contributed by atoms with Crippen LogP contribution >= 0.6 is 0 Å². The van der Waals surface area contributed by atoms with E-state index in [1.54, 1.807) is 38.1 Å². The summed E-state index contributed by atoms with van der Waals surface area (Å²) < 4.78 is 16.4. The number of carbonyl (C=O) groups is 2. The van der Waals surface area contributed by atoms with Crippen molar-refractivity contribution in [3.63, 3.8) is 0 Å². The first-order valence-corrected chi connectivity index (χ1v) is 13.2. The average Bonchev–Trinajstić information content (AvgIpc) is 3.72. The summed E-state index contributed by atoms with van der Waals surface area (Å²) in [6, 6.07) is 24.5. The van der Waals surface area contributed by atoms with Crippen LogP contribution in [0.1, 0.15) is 43.5 Å². The van der Waals surface area contributed by atoms with Crippen LogP contribution < -0.4 is 4.90 Å². The molecule has 0 bridgehead atoms. The molecule has 8 heteroatoms. The molecular weight excluding hydrogens is 506 g/mol. The third-order valence-corrected chi connectivity index (χ3v) is 7.09. The molecule has 40 heavy (non-hydrogen) atoms. The second-order valence-corrected chi connectivity index (χ2v) is 9.60. The number of hydrogen-bond acceptors (Lipinski definition) is 7. The van der Waals surface area contributed by atoms with Crippen LogP contribution in [0.3, 0.4) is 0 Å². The molecule has 1 aliphatic rings. The van der Waals surface area contributed by atoms with Crippen molar-refractivity contribution in [1.29, 1.82) is 5.26 Å². The third kappa shape index (κ3) is 4.94. The minimum atomic E-state index is -0.576. The highest BCUT2D eigenvalue weighted by Gasteiger charge is 2.52. The summed E-state index contributed by atoms with van der Waals surface area (Å²) in [5.74, 6) is 0.269. The Labute approximate surface area is 232 Å². The van der Waals surface area contributed by atoms with E-state index in [-0.39, 0.29) is 12.6 Å². The molecule has 0 unspecified atom stereocenters. The number of nitrogens with zero attached hydrogens (tertiary/aromatic N) is 3. The Kier molecular flexibility index (Phi) is 7.39. The van der Waals surface area contributed by atoms with Gasteiger partial charge in [0.25, 0.3) is 0 Å². The van der Waals surface area contributed by atoms with Gasteiger partial charge in [-0.1, -0.05) is 53.7 Å². The number of aromatic nitrogens is 1. The molecule has 5 rings (SSSR count). The predicted octanol–water partition coefficient (Wildman–Crippen LogP) is 7.08. The molecule has 1 heterocycles. The van der Waals surface area contributed by atoms with Gasteiger partial charge in [0.1, 0.15) is 11.4 Å². The summed E-state index contributed by atoms with van der Waals surface area (Å²) in [4.78, 5) is 27.0. The normalized spacial score (nSPS) is 13.2. The zero-order valence-corrected chi connectivity index (χ0v) is 22.6. The van der Waals surface area contributed by atoms with Crippen molar-refractivity contribution >= 4 is 23.4 Å². The largest absolute Gasteiger partial charge is 0.465 e. The number of hydrogen-bond donors (Lipinski definition) is 0. The molecule has 4 aromatic rings. The molecule has 0 N–H and O–H groups in total. The molecule has 1 aliphatic carbocycles. The number of anilines is 2. The van der Waals surface area contributed by atoms with Gasteiger partial charge in [0.2, 0.25) is 0 Å². The summed E-state index contributed by atoms with van der Waals surface area (Å²) >= 11 is 0. The molecule has 0 saturated heterocycles. The lowest BCUT2D eigenvalue weighted by molar-refractivity contribution is -0.146. The number of nitriles is 1. The molecule has 1 fully saturated rings. The maximum Gasteiger partial charge on any atom is 0.419 e. The zero-order chi connectivity index (χ0) is 28.3. The van der Waals surface area contributed by atoms with Crippen LogP contribution in [0, 0.1) is 18.3 Å². The zero-order valence-electron chi connectivity index (χ0n) is 22.6. The van der Waals surface area contributed by atoms with E-state index in [1.807, 2.05) is 55.5 Å². The number of amides is 1. The molecule has 202 valence electrons. The summed E-state index contributed by atoms with van der Waals surface area (Å²) in [5, 5.41) is 13.3. The summed E-state index contributed by atoms with van der Waals surface area (Å²) in [6.45, 7) is 5.90. The summed E-state index contributed by atoms with van der Waals surface area (Å²) in [6.07, 6.45) is 1.04. The van der Waals surface area contributed by atoms with Crippen molar-refractivity contribution < 1.29 is 23.6 Å². The fraction of sp³-hybridized carbons (Fsp3) is 0.250. The van der Waals surface area contributed by atoms with Crippen molar-refractivity contribution in [3.8, 4) is 28.5 Å². The van der Waals surface area contributed by atoms with Crippen molar-refractivity contribution in [1.82, 2.24) is 5.16 Å². The number of benzene rings is 3. The van der Waals surface area contributed by atoms with Crippen molar-refractivity contribution in [2.45, 2.75) is 39.0 Å². The van der Waals surface area contributed by atoms with Crippen LogP contribution in [0.2, 0.25) is 0 Å². The van der Waals surface area contributed by atoms with Gasteiger partial charge in [-0.3, -0.25) is 4.79 Å². The number of aryl methyl sites for hydroxylation is 1. The first-order valence-electron chi connectivity index (χ1n) is 13.2. The van der Waals surface area contributed by atoms with E-state index in [0.29, 0.717) is 35.0 Å². The van der Waals surface area contributed by atoms with Gasteiger partial charge in [-0.05, 0) is 74.6 Å². The molecule has 1 amide bonds. The Morgan fingerprint density at radius 3 is 2.02 bits per heavy atom. The molecule has 1 aromatic heterocycles. The Morgan fingerprint density at radius 2 is 1.48 bits per heavy atom. The van der Waals surface area contributed by atoms with Crippen LogP contribution in [0.25, 0.3) is 22.5 Å². The van der Waals surface area contributed by atoms with E-state index in [4.69, 9.17) is 14.0 Å². The van der Waals surface area contributed by atoms with Gasteiger partial charge >= 0.3 is 12.1 Å². The Morgan fingerprint density at radius 1 is 0.900 bits per heavy atom. The van der Waals surface area contributed by atoms with Crippen LogP contribution in [0.4, 0.5) is 16.2 Å². The maximum atomic E-state index is 13.1. The van der Waals surface area contributed by atoms with Crippen molar-refractivity contribution in [3.05, 3.63) is 89.6 Å². The molecule has 0 radical (unpaired) electrons. The molecular formula is C32H29N3O5. The smallest absolute Gasteiger partial charge is 0.419 e. The number of esters is 1. The quantitative estimate of drug-likeness (QED) is 0.222. The number of rotatable bonds is 8. The minimum absolute atomic E-state index is 0.150. The van der Waals surface area contributed by atoms with E-state index in [2.05, 4.69) is 11.2 Å². The van der Waals surface area contributed by atoms with Crippen LogP contribution in [0.15, 0.2) is 77.3 Å².